The summed E-state index contributed by atoms with van der Waals surface area (Å²) in [6.07, 6.45) is 1.27. The monoisotopic (exact) mass is 184 g/mol. The van der Waals surface area contributed by atoms with Crippen LogP contribution in [-0.2, 0) is 4.74 Å². The molecule has 0 aliphatic carbocycles. The Labute approximate surface area is 80.4 Å². The summed E-state index contributed by atoms with van der Waals surface area (Å²) in [7, 11) is 0. The largest absolute Gasteiger partial charge is 0.366 e. The molecular weight excluding hydrogens is 164 g/mol. The van der Waals surface area contributed by atoms with Gasteiger partial charge in [-0.1, -0.05) is 0 Å². The van der Waals surface area contributed by atoms with Gasteiger partial charge in [-0.05, 0) is 26.8 Å². The number of nitrogens with zero attached hydrogens (tertiary/aromatic N) is 1. The summed E-state index contributed by atoms with van der Waals surface area (Å²) in [4.78, 5) is 2.47. The summed E-state index contributed by atoms with van der Waals surface area (Å²) < 4.78 is 5.61. The van der Waals surface area contributed by atoms with Gasteiger partial charge in [-0.2, -0.15) is 0 Å². The zero-order valence-electron chi connectivity index (χ0n) is 8.62. The number of ether oxygens (including phenoxy) is 1. The van der Waals surface area contributed by atoms with Crippen LogP contribution in [0.4, 0.5) is 0 Å². The molecule has 2 aliphatic heterocycles. The Morgan fingerprint density at radius 2 is 2.31 bits per heavy atom. The molecule has 76 valence electrons. The van der Waals surface area contributed by atoms with Gasteiger partial charge in [-0.3, -0.25) is 4.90 Å². The minimum Gasteiger partial charge on any atom is -0.366 e. The summed E-state index contributed by atoms with van der Waals surface area (Å²) in [5, 5.41) is 3.47. The van der Waals surface area contributed by atoms with E-state index in [9.17, 15) is 0 Å². The van der Waals surface area contributed by atoms with Crippen molar-refractivity contribution in [2.75, 3.05) is 26.4 Å². The highest BCUT2D eigenvalue weighted by atomic mass is 16.5. The molecule has 3 nitrogen and oxygen atoms in total. The van der Waals surface area contributed by atoms with E-state index in [2.05, 4.69) is 24.1 Å². The van der Waals surface area contributed by atoms with Crippen LogP contribution in [0.15, 0.2) is 0 Å². The molecule has 2 heterocycles. The zero-order valence-corrected chi connectivity index (χ0v) is 8.62. The molecule has 13 heavy (non-hydrogen) atoms. The van der Waals surface area contributed by atoms with E-state index in [0.29, 0.717) is 12.1 Å². The molecule has 0 aromatic rings. The number of fused-ring (bicyclic) bond motifs is 1. The van der Waals surface area contributed by atoms with Gasteiger partial charge < -0.3 is 10.1 Å². The van der Waals surface area contributed by atoms with Crippen LogP contribution in [0.2, 0.25) is 0 Å². The van der Waals surface area contributed by atoms with Gasteiger partial charge in [0.15, 0.2) is 0 Å². The number of rotatable bonds is 1. The van der Waals surface area contributed by atoms with Gasteiger partial charge in [0.2, 0.25) is 0 Å². The molecule has 0 radical (unpaired) electrons. The lowest BCUT2D eigenvalue weighted by Gasteiger charge is -2.45. The van der Waals surface area contributed by atoms with Crippen molar-refractivity contribution in [1.29, 1.82) is 0 Å². The molecule has 2 rings (SSSR count). The molecule has 0 amide bonds. The van der Waals surface area contributed by atoms with Crippen molar-refractivity contribution < 1.29 is 4.74 Å². The van der Waals surface area contributed by atoms with Crippen LogP contribution in [-0.4, -0.2) is 43.4 Å². The smallest absolute Gasteiger partial charge is 0.0995 e. The zero-order chi connectivity index (χ0) is 9.26. The van der Waals surface area contributed by atoms with Crippen molar-refractivity contribution >= 4 is 0 Å². The van der Waals surface area contributed by atoms with E-state index >= 15 is 0 Å². The summed E-state index contributed by atoms with van der Waals surface area (Å²) in [5.41, 5.74) is 0. The average Bonchev–Trinajstić information content (AvgIpc) is 2.17. The molecule has 0 bridgehead atoms. The van der Waals surface area contributed by atoms with Crippen LogP contribution in [0, 0.1) is 5.92 Å². The topological polar surface area (TPSA) is 24.5 Å². The van der Waals surface area contributed by atoms with Crippen molar-refractivity contribution in [1.82, 2.24) is 10.2 Å². The maximum Gasteiger partial charge on any atom is 0.0995 e. The Kier molecular flexibility index (Phi) is 2.86. The summed E-state index contributed by atoms with van der Waals surface area (Å²) >= 11 is 0. The average molecular weight is 184 g/mol. The molecule has 0 saturated carbocycles. The van der Waals surface area contributed by atoms with Gasteiger partial charge in [-0.15, -0.1) is 0 Å². The Balaban J connectivity index is 2.02. The van der Waals surface area contributed by atoms with Gasteiger partial charge in [0, 0.05) is 24.5 Å². The third kappa shape index (κ3) is 1.87. The van der Waals surface area contributed by atoms with E-state index in [1.165, 1.54) is 6.42 Å². The predicted octanol–water partition coefficient (Wildman–Crippen LogP) is 0.663. The molecule has 2 aliphatic rings. The van der Waals surface area contributed by atoms with E-state index in [1.807, 2.05) is 0 Å². The molecule has 2 fully saturated rings. The van der Waals surface area contributed by atoms with E-state index in [4.69, 9.17) is 4.74 Å². The first-order valence-electron chi connectivity index (χ1n) is 5.33. The van der Waals surface area contributed by atoms with E-state index in [-0.39, 0.29) is 0 Å². The fourth-order valence-corrected chi connectivity index (χ4v) is 2.42. The van der Waals surface area contributed by atoms with Crippen LogP contribution in [0.1, 0.15) is 20.3 Å². The molecule has 2 atom stereocenters. The molecule has 0 aromatic carbocycles. The number of nitrogens with one attached hydrogen (secondary N) is 1. The third-order valence-electron chi connectivity index (χ3n) is 3.25. The van der Waals surface area contributed by atoms with Gasteiger partial charge >= 0.3 is 0 Å². The first kappa shape index (κ1) is 9.44. The fraction of sp³-hybridized carbons (Fsp3) is 1.00. The number of hydrogen-bond acceptors (Lipinski definition) is 3. The molecule has 1 N–H and O–H groups in total. The third-order valence-corrected chi connectivity index (χ3v) is 3.25. The van der Waals surface area contributed by atoms with Crippen LogP contribution >= 0.6 is 0 Å². The van der Waals surface area contributed by atoms with Crippen LogP contribution < -0.4 is 5.32 Å². The van der Waals surface area contributed by atoms with Crippen molar-refractivity contribution in [3.05, 3.63) is 0 Å². The lowest BCUT2D eigenvalue weighted by Crippen LogP contribution is -2.58. The van der Waals surface area contributed by atoms with Gasteiger partial charge in [0.05, 0.1) is 13.3 Å². The summed E-state index contributed by atoms with van der Waals surface area (Å²) in [6.45, 7) is 8.60. The van der Waals surface area contributed by atoms with Crippen molar-refractivity contribution in [2.45, 2.75) is 32.4 Å². The van der Waals surface area contributed by atoms with Gasteiger partial charge in [-0.25, -0.2) is 0 Å². The molecule has 0 aromatic heterocycles. The van der Waals surface area contributed by atoms with Crippen LogP contribution in [0.25, 0.3) is 0 Å². The Morgan fingerprint density at radius 1 is 1.46 bits per heavy atom. The van der Waals surface area contributed by atoms with E-state index < -0.39 is 0 Å². The molecule has 3 heteroatoms. The standard InChI is InChI=1S/C10H20N2O/c1-8(2)12-7-13-6-9-3-4-11-5-10(9)12/h8-11H,3-7H2,1-2H3. The van der Waals surface area contributed by atoms with Crippen molar-refractivity contribution in [3.63, 3.8) is 0 Å². The minimum absolute atomic E-state index is 0.604. The molecule has 2 saturated heterocycles. The summed E-state index contributed by atoms with van der Waals surface area (Å²) in [5.74, 6) is 0.761. The molecule has 0 spiro atoms. The number of hydrogen-bond donors (Lipinski definition) is 1. The Hall–Kier alpha value is -0.120. The van der Waals surface area contributed by atoms with Crippen molar-refractivity contribution in [2.24, 2.45) is 5.92 Å². The lowest BCUT2D eigenvalue weighted by molar-refractivity contribution is -0.104. The lowest BCUT2D eigenvalue weighted by atomic mass is 9.91. The SMILES string of the molecule is CC(C)N1COCC2CCNCC21. The predicted molar refractivity (Wildman–Crippen MR) is 52.6 cm³/mol. The normalized spacial score (nSPS) is 36.2. The molecule has 2 unspecified atom stereocenters. The second-order valence-electron chi connectivity index (χ2n) is 4.43. The minimum atomic E-state index is 0.604. The highest BCUT2D eigenvalue weighted by Gasteiger charge is 2.34. The second kappa shape index (κ2) is 3.95. The fourth-order valence-electron chi connectivity index (χ4n) is 2.42. The maximum absolute atomic E-state index is 5.61. The van der Waals surface area contributed by atoms with Gasteiger partial charge in [0.25, 0.3) is 0 Å². The second-order valence-corrected chi connectivity index (χ2v) is 4.43. The highest BCUT2D eigenvalue weighted by molar-refractivity contribution is 4.88. The maximum atomic E-state index is 5.61. The molecular formula is C10H20N2O. The Morgan fingerprint density at radius 3 is 3.08 bits per heavy atom. The van der Waals surface area contributed by atoms with E-state index in [0.717, 1.165) is 32.3 Å². The highest BCUT2D eigenvalue weighted by Crippen LogP contribution is 2.24. The summed E-state index contributed by atoms with van der Waals surface area (Å²) in [6, 6.07) is 1.31. The Bertz CT molecular complexity index is 170. The van der Waals surface area contributed by atoms with Crippen LogP contribution in [0.3, 0.4) is 0 Å². The van der Waals surface area contributed by atoms with E-state index in [1.54, 1.807) is 0 Å². The van der Waals surface area contributed by atoms with Crippen molar-refractivity contribution in [3.8, 4) is 0 Å². The quantitative estimate of drug-likeness (QED) is 0.648. The van der Waals surface area contributed by atoms with Gasteiger partial charge in [0.1, 0.15) is 0 Å². The van der Waals surface area contributed by atoms with Crippen LogP contribution in [0.5, 0.6) is 0 Å². The first-order valence-corrected chi connectivity index (χ1v) is 5.33. The first-order chi connectivity index (χ1) is 6.29. The number of piperidine rings is 1.